The molecule has 0 aromatic carbocycles. The van der Waals surface area contributed by atoms with E-state index in [9.17, 15) is 0 Å². The summed E-state index contributed by atoms with van der Waals surface area (Å²) in [4.78, 5) is 6.92. The molecule has 0 saturated carbocycles. The molecule has 18 heavy (non-hydrogen) atoms. The van der Waals surface area contributed by atoms with Crippen molar-refractivity contribution in [3.8, 4) is 0 Å². The number of thiocarbonyl (C=S) groups is 1. The van der Waals surface area contributed by atoms with Gasteiger partial charge in [-0.05, 0) is 30.9 Å². The molecule has 5 heteroatoms. The van der Waals surface area contributed by atoms with E-state index in [4.69, 9.17) is 22.7 Å². The van der Waals surface area contributed by atoms with Crippen molar-refractivity contribution >= 4 is 23.0 Å². The van der Waals surface area contributed by atoms with Crippen LogP contribution in [0.15, 0.2) is 18.3 Å². The maximum Gasteiger partial charge on any atom is 0.128 e. The van der Waals surface area contributed by atoms with Crippen molar-refractivity contribution in [2.24, 2.45) is 11.7 Å². The van der Waals surface area contributed by atoms with Gasteiger partial charge in [0, 0.05) is 32.0 Å². The monoisotopic (exact) mass is 265 g/mol. The topological polar surface area (TPSA) is 51.4 Å². The molecule has 1 fully saturated rings. The van der Waals surface area contributed by atoms with E-state index in [-0.39, 0.29) is 0 Å². The zero-order valence-electron chi connectivity index (χ0n) is 10.6. The summed E-state index contributed by atoms with van der Waals surface area (Å²) >= 11 is 4.91. The van der Waals surface area contributed by atoms with Gasteiger partial charge in [0.25, 0.3) is 0 Å². The number of rotatable bonds is 4. The summed E-state index contributed by atoms with van der Waals surface area (Å²) in [5.41, 5.74) is 6.36. The van der Waals surface area contributed by atoms with Crippen LogP contribution in [0.4, 0.5) is 5.82 Å². The van der Waals surface area contributed by atoms with Crippen LogP contribution in [0.1, 0.15) is 18.4 Å². The molecule has 2 N–H and O–H groups in total. The van der Waals surface area contributed by atoms with Gasteiger partial charge < -0.3 is 15.4 Å². The van der Waals surface area contributed by atoms with E-state index in [0.717, 1.165) is 37.6 Å². The second-order valence-electron chi connectivity index (χ2n) is 4.73. The first-order chi connectivity index (χ1) is 8.66. The average Bonchev–Trinajstić information content (AvgIpc) is 2.40. The van der Waals surface area contributed by atoms with Crippen LogP contribution in [0, 0.1) is 5.92 Å². The molecule has 1 saturated heterocycles. The maximum absolute atomic E-state index is 5.55. The van der Waals surface area contributed by atoms with Crippen LogP contribution < -0.4 is 10.6 Å². The van der Waals surface area contributed by atoms with Crippen molar-refractivity contribution in [2.75, 3.05) is 31.7 Å². The Morgan fingerprint density at radius 2 is 2.44 bits per heavy atom. The van der Waals surface area contributed by atoms with Crippen molar-refractivity contribution in [3.63, 3.8) is 0 Å². The quantitative estimate of drug-likeness (QED) is 0.838. The summed E-state index contributed by atoms with van der Waals surface area (Å²) in [6.07, 6.45) is 4.12. The van der Waals surface area contributed by atoms with Crippen LogP contribution in [0.2, 0.25) is 0 Å². The van der Waals surface area contributed by atoms with Crippen LogP contribution in [0.25, 0.3) is 0 Å². The molecule has 1 aliphatic rings. The van der Waals surface area contributed by atoms with E-state index in [0.29, 0.717) is 10.9 Å². The predicted octanol–water partition coefficient (Wildman–Crippen LogP) is 1.58. The SMILES string of the molecule is CN(CC1CCCOC1)c1ccc(C(N)=S)cn1. The predicted molar refractivity (Wildman–Crippen MR) is 76.9 cm³/mol. The summed E-state index contributed by atoms with van der Waals surface area (Å²) in [5, 5.41) is 0. The number of nitrogens with zero attached hydrogens (tertiary/aromatic N) is 2. The second-order valence-corrected chi connectivity index (χ2v) is 5.17. The van der Waals surface area contributed by atoms with Gasteiger partial charge in [-0.15, -0.1) is 0 Å². The van der Waals surface area contributed by atoms with Gasteiger partial charge in [0.15, 0.2) is 0 Å². The lowest BCUT2D eigenvalue weighted by Gasteiger charge is -2.27. The smallest absolute Gasteiger partial charge is 0.128 e. The zero-order valence-corrected chi connectivity index (χ0v) is 11.4. The summed E-state index contributed by atoms with van der Waals surface area (Å²) in [5.74, 6) is 1.54. The molecule has 0 spiro atoms. The molecule has 1 aromatic rings. The van der Waals surface area contributed by atoms with Gasteiger partial charge in [-0.2, -0.15) is 0 Å². The lowest BCUT2D eigenvalue weighted by atomic mass is 10.0. The normalized spacial score (nSPS) is 19.5. The molecule has 4 nitrogen and oxygen atoms in total. The fraction of sp³-hybridized carbons (Fsp3) is 0.538. The molecule has 1 unspecified atom stereocenters. The number of nitrogens with two attached hydrogens (primary N) is 1. The first-order valence-corrected chi connectivity index (χ1v) is 6.62. The van der Waals surface area contributed by atoms with Gasteiger partial charge in [0.1, 0.15) is 10.8 Å². The third-order valence-corrected chi connectivity index (χ3v) is 3.45. The Morgan fingerprint density at radius 3 is 3.00 bits per heavy atom. The molecule has 0 bridgehead atoms. The van der Waals surface area contributed by atoms with Crippen molar-refractivity contribution in [1.29, 1.82) is 0 Å². The average molecular weight is 265 g/mol. The van der Waals surface area contributed by atoms with Crippen molar-refractivity contribution in [3.05, 3.63) is 23.9 Å². The first-order valence-electron chi connectivity index (χ1n) is 6.21. The Balaban J connectivity index is 1.95. The van der Waals surface area contributed by atoms with Gasteiger partial charge in [0.05, 0.1) is 6.61 Å². The highest BCUT2D eigenvalue weighted by molar-refractivity contribution is 7.80. The number of anilines is 1. The molecule has 98 valence electrons. The molecule has 0 amide bonds. The lowest BCUT2D eigenvalue weighted by molar-refractivity contribution is 0.0576. The molecule has 2 rings (SSSR count). The Bertz CT molecular complexity index is 401. The molecule has 0 aliphatic carbocycles. The van der Waals surface area contributed by atoms with Crippen LogP contribution >= 0.6 is 12.2 Å². The molecule has 1 aliphatic heterocycles. The van der Waals surface area contributed by atoms with Gasteiger partial charge >= 0.3 is 0 Å². The summed E-state index contributed by atoms with van der Waals surface area (Å²) in [6.45, 7) is 2.73. The fourth-order valence-electron chi connectivity index (χ4n) is 2.19. The highest BCUT2D eigenvalue weighted by atomic mass is 32.1. The number of aromatic nitrogens is 1. The molecule has 2 heterocycles. The summed E-state index contributed by atoms with van der Waals surface area (Å²) in [7, 11) is 2.05. The first kappa shape index (κ1) is 13.2. The highest BCUT2D eigenvalue weighted by Crippen LogP contribution is 2.17. The minimum Gasteiger partial charge on any atom is -0.389 e. The highest BCUT2D eigenvalue weighted by Gasteiger charge is 2.16. The molecular weight excluding hydrogens is 246 g/mol. The van der Waals surface area contributed by atoms with Gasteiger partial charge in [-0.3, -0.25) is 0 Å². The van der Waals surface area contributed by atoms with Gasteiger partial charge in [-0.1, -0.05) is 12.2 Å². The summed E-state index contributed by atoms with van der Waals surface area (Å²) < 4.78 is 5.49. The number of pyridine rings is 1. The van der Waals surface area contributed by atoms with Crippen molar-refractivity contribution < 1.29 is 4.74 Å². The van der Waals surface area contributed by atoms with Crippen LogP contribution in [0.5, 0.6) is 0 Å². The van der Waals surface area contributed by atoms with Crippen LogP contribution in [-0.2, 0) is 4.74 Å². The minimum absolute atomic E-state index is 0.386. The number of hydrogen-bond acceptors (Lipinski definition) is 4. The van der Waals surface area contributed by atoms with E-state index in [1.54, 1.807) is 6.20 Å². The maximum atomic E-state index is 5.55. The molecule has 1 atom stereocenters. The molecule has 0 radical (unpaired) electrons. The van der Waals surface area contributed by atoms with Crippen LogP contribution in [0.3, 0.4) is 0 Å². The third-order valence-electron chi connectivity index (χ3n) is 3.21. The van der Waals surface area contributed by atoms with Gasteiger partial charge in [-0.25, -0.2) is 4.98 Å². The van der Waals surface area contributed by atoms with Crippen LogP contribution in [-0.4, -0.2) is 36.8 Å². The number of ether oxygens (including phenoxy) is 1. The van der Waals surface area contributed by atoms with Gasteiger partial charge in [0.2, 0.25) is 0 Å². The van der Waals surface area contributed by atoms with E-state index in [2.05, 4.69) is 16.9 Å². The lowest BCUT2D eigenvalue weighted by Crippen LogP contribution is -2.31. The fourth-order valence-corrected chi connectivity index (χ4v) is 2.31. The Labute approximate surface area is 113 Å². The Hall–Kier alpha value is -1.20. The van der Waals surface area contributed by atoms with E-state index in [1.165, 1.54) is 6.42 Å². The molecule has 1 aromatic heterocycles. The minimum atomic E-state index is 0.386. The Morgan fingerprint density at radius 1 is 1.61 bits per heavy atom. The van der Waals surface area contributed by atoms with E-state index < -0.39 is 0 Å². The van der Waals surface area contributed by atoms with Crippen molar-refractivity contribution in [1.82, 2.24) is 4.98 Å². The molecular formula is C13H19N3OS. The van der Waals surface area contributed by atoms with E-state index in [1.807, 2.05) is 12.1 Å². The largest absolute Gasteiger partial charge is 0.389 e. The Kier molecular flexibility index (Phi) is 4.49. The van der Waals surface area contributed by atoms with Crippen molar-refractivity contribution in [2.45, 2.75) is 12.8 Å². The van der Waals surface area contributed by atoms with E-state index >= 15 is 0 Å². The summed E-state index contributed by atoms with van der Waals surface area (Å²) in [6, 6.07) is 3.87. The number of hydrogen-bond donors (Lipinski definition) is 1. The standard InChI is InChI=1S/C13H19N3OS/c1-16(8-10-3-2-6-17-9-10)12-5-4-11(7-15-12)13(14)18/h4-5,7,10H,2-3,6,8-9H2,1H3,(H2,14,18). The zero-order chi connectivity index (χ0) is 13.0. The third kappa shape index (κ3) is 3.40. The second kappa shape index (κ2) is 6.11.